The summed E-state index contributed by atoms with van der Waals surface area (Å²) in [5, 5.41) is 15.2. The van der Waals surface area contributed by atoms with Gasteiger partial charge in [-0.1, -0.05) is 23.1 Å². The minimum Gasteiger partial charge on any atom is -0.395 e. The molecule has 0 aliphatic carbocycles. The number of anilines is 1. The molecule has 5 heteroatoms. The lowest BCUT2D eigenvalue weighted by Gasteiger charge is -2.06. The van der Waals surface area contributed by atoms with Crippen molar-refractivity contribution in [3.05, 3.63) is 46.8 Å². The van der Waals surface area contributed by atoms with Gasteiger partial charge in [-0.3, -0.25) is 4.79 Å². The number of nitrogens with one attached hydrogen (secondary N) is 1. The topological polar surface area (TPSA) is 75.4 Å². The van der Waals surface area contributed by atoms with Crippen LogP contribution in [0.4, 0.5) is 5.69 Å². The van der Waals surface area contributed by atoms with Gasteiger partial charge in [-0.15, -0.1) is 0 Å². The summed E-state index contributed by atoms with van der Waals surface area (Å²) >= 11 is 0. The number of aromatic nitrogens is 1. The van der Waals surface area contributed by atoms with Gasteiger partial charge in [0.1, 0.15) is 0 Å². The predicted octanol–water partition coefficient (Wildman–Crippen LogP) is 2.28. The summed E-state index contributed by atoms with van der Waals surface area (Å²) in [6, 6.07) is 7.13. The summed E-state index contributed by atoms with van der Waals surface area (Å²) in [7, 11) is 0. The highest BCUT2D eigenvalue weighted by Crippen LogP contribution is 2.17. The van der Waals surface area contributed by atoms with E-state index in [9.17, 15) is 4.79 Å². The number of aliphatic hydroxyl groups excluding tert-OH is 1. The van der Waals surface area contributed by atoms with Crippen molar-refractivity contribution in [2.45, 2.75) is 20.3 Å². The highest BCUT2D eigenvalue weighted by Gasteiger charge is 2.13. The molecule has 0 saturated carbocycles. The standard InChI is InChI=1S/C16H16N2O3/c1-11-6-7-14(13(9-11)5-3-4-8-19)17-16(20)15-10-12(2)18-21-15/h6-7,9-10,19H,4,8H2,1-2H3,(H,17,20). The highest BCUT2D eigenvalue weighted by molar-refractivity contribution is 6.03. The van der Waals surface area contributed by atoms with Crippen LogP contribution in [0.3, 0.4) is 0 Å². The highest BCUT2D eigenvalue weighted by atomic mass is 16.5. The Hall–Kier alpha value is -2.58. The Bertz CT molecular complexity index is 708. The summed E-state index contributed by atoms with van der Waals surface area (Å²) in [6.45, 7) is 3.71. The number of carbonyl (C=O) groups is 1. The van der Waals surface area contributed by atoms with E-state index < -0.39 is 0 Å². The first kappa shape index (κ1) is 14.8. The first-order chi connectivity index (χ1) is 10.1. The van der Waals surface area contributed by atoms with Crippen LogP contribution in [0.2, 0.25) is 0 Å². The molecule has 0 spiro atoms. The van der Waals surface area contributed by atoms with Crippen molar-refractivity contribution in [2.75, 3.05) is 11.9 Å². The number of nitrogens with zero attached hydrogens (tertiary/aromatic N) is 1. The van der Waals surface area contributed by atoms with Crippen LogP contribution in [0.1, 0.15) is 33.8 Å². The van der Waals surface area contributed by atoms with Crippen LogP contribution in [-0.4, -0.2) is 22.8 Å². The minimum atomic E-state index is -0.371. The van der Waals surface area contributed by atoms with Gasteiger partial charge < -0.3 is 14.9 Å². The molecule has 0 atom stereocenters. The molecule has 108 valence electrons. The zero-order chi connectivity index (χ0) is 15.2. The normalized spacial score (nSPS) is 9.86. The van der Waals surface area contributed by atoms with Gasteiger partial charge in [-0.05, 0) is 31.5 Å². The van der Waals surface area contributed by atoms with Gasteiger partial charge in [0.2, 0.25) is 5.76 Å². The lowest BCUT2D eigenvalue weighted by atomic mass is 10.1. The molecule has 1 amide bonds. The predicted molar refractivity (Wildman–Crippen MR) is 79.0 cm³/mol. The van der Waals surface area contributed by atoms with Crippen LogP contribution in [0.25, 0.3) is 0 Å². The quantitative estimate of drug-likeness (QED) is 0.848. The van der Waals surface area contributed by atoms with Crippen LogP contribution < -0.4 is 5.32 Å². The van der Waals surface area contributed by atoms with Crippen molar-refractivity contribution in [2.24, 2.45) is 0 Å². The fourth-order valence-corrected chi connectivity index (χ4v) is 1.74. The Morgan fingerprint density at radius 1 is 1.38 bits per heavy atom. The maximum absolute atomic E-state index is 12.1. The second-order valence-electron chi connectivity index (χ2n) is 4.61. The second-order valence-corrected chi connectivity index (χ2v) is 4.61. The molecule has 2 aromatic rings. The smallest absolute Gasteiger partial charge is 0.294 e. The molecule has 0 saturated heterocycles. The van der Waals surface area contributed by atoms with Crippen molar-refractivity contribution in [3.8, 4) is 11.8 Å². The molecule has 2 rings (SSSR count). The summed E-state index contributed by atoms with van der Waals surface area (Å²) in [6.07, 6.45) is 0.391. The van der Waals surface area contributed by atoms with Crippen molar-refractivity contribution >= 4 is 11.6 Å². The van der Waals surface area contributed by atoms with Gasteiger partial charge in [0.05, 0.1) is 18.0 Å². The summed E-state index contributed by atoms with van der Waals surface area (Å²) in [5.41, 5.74) is 2.99. The molecule has 21 heavy (non-hydrogen) atoms. The Balaban J connectivity index is 2.23. The van der Waals surface area contributed by atoms with Crippen LogP contribution in [0.15, 0.2) is 28.8 Å². The number of hydrogen-bond donors (Lipinski definition) is 2. The first-order valence-corrected chi connectivity index (χ1v) is 6.55. The Labute approximate surface area is 123 Å². The lowest BCUT2D eigenvalue weighted by molar-refractivity contribution is 0.0988. The molecule has 0 aliphatic rings. The van der Waals surface area contributed by atoms with Crippen LogP contribution in [0.5, 0.6) is 0 Å². The number of benzene rings is 1. The molecule has 5 nitrogen and oxygen atoms in total. The van der Waals surface area contributed by atoms with Gasteiger partial charge in [0.15, 0.2) is 0 Å². The van der Waals surface area contributed by atoms with Crippen LogP contribution in [-0.2, 0) is 0 Å². The fourth-order valence-electron chi connectivity index (χ4n) is 1.74. The van der Waals surface area contributed by atoms with Crippen LogP contribution in [0, 0.1) is 25.7 Å². The van der Waals surface area contributed by atoms with E-state index in [0.29, 0.717) is 23.4 Å². The third kappa shape index (κ3) is 3.94. The maximum atomic E-state index is 12.1. The SMILES string of the molecule is Cc1ccc(NC(=O)c2cc(C)no2)c(C#CCCO)c1. The van der Waals surface area contributed by atoms with Crippen molar-refractivity contribution in [1.82, 2.24) is 5.16 Å². The monoisotopic (exact) mass is 284 g/mol. The number of carbonyl (C=O) groups excluding carboxylic acids is 1. The Kier molecular flexibility index (Phi) is 4.75. The second kappa shape index (κ2) is 6.73. The van der Waals surface area contributed by atoms with Crippen molar-refractivity contribution < 1.29 is 14.4 Å². The number of aliphatic hydroxyl groups is 1. The lowest BCUT2D eigenvalue weighted by Crippen LogP contribution is -2.12. The average molecular weight is 284 g/mol. The molecule has 1 heterocycles. The molecule has 0 unspecified atom stereocenters. The third-order valence-corrected chi connectivity index (χ3v) is 2.73. The number of aryl methyl sites for hydroxylation is 2. The van der Waals surface area contributed by atoms with E-state index in [2.05, 4.69) is 22.3 Å². The van der Waals surface area contributed by atoms with E-state index in [1.165, 1.54) is 0 Å². The number of hydrogen-bond acceptors (Lipinski definition) is 4. The minimum absolute atomic E-state index is 0.0118. The molecule has 0 bridgehead atoms. The van der Waals surface area contributed by atoms with Crippen molar-refractivity contribution in [3.63, 3.8) is 0 Å². The zero-order valence-electron chi connectivity index (χ0n) is 11.9. The third-order valence-electron chi connectivity index (χ3n) is 2.73. The van der Waals surface area contributed by atoms with E-state index in [1.54, 1.807) is 19.1 Å². The van der Waals surface area contributed by atoms with E-state index in [1.807, 2.05) is 19.1 Å². The van der Waals surface area contributed by atoms with Gasteiger partial charge in [-0.2, -0.15) is 0 Å². The molecular formula is C16H16N2O3. The first-order valence-electron chi connectivity index (χ1n) is 6.55. The van der Waals surface area contributed by atoms with E-state index in [4.69, 9.17) is 9.63 Å². The summed E-state index contributed by atoms with van der Waals surface area (Å²) < 4.78 is 4.93. The molecule has 1 aromatic heterocycles. The van der Waals surface area contributed by atoms with E-state index in [0.717, 1.165) is 5.56 Å². The molecular weight excluding hydrogens is 268 g/mol. The van der Waals surface area contributed by atoms with E-state index in [-0.39, 0.29) is 18.3 Å². The summed E-state index contributed by atoms with van der Waals surface area (Å²) in [4.78, 5) is 12.1. The van der Waals surface area contributed by atoms with Gasteiger partial charge >= 0.3 is 0 Å². The maximum Gasteiger partial charge on any atom is 0.294 e. The molecule has 0 radical (unpaired) electrons. The molecule has 0 aliphatic heterocycles. The van der Waals surface area contributed by atoms with Gasteiger partial charge in [0.25, 0.3) is 5.91 Å². The molecule has 1 aromatic carbocycles. The van der Waals surface area contributed by atoms with Crippen molar-refractivity contribution in [1.29, 1.82) is 0 Å². The zero-order valence-corrected chi connectivity index (χ0v) is 11.9. The number of rotatable bonds is 3. The largest absolute Gasteiger partial charge is 0.395 e. The average Bonchev–Trinajstić information content (AvgIpc) is 2.88. The molecule has 0 fully saturated rings. The number of amides is 1. The Morgan fingerprint density at radius 3 is 2.86 bits per heavy atom. The Morgan fingerprint density at radius 2 is 2.19 bits per heavy atom. The van der Waals surface area contributed by atoms with Gasteiger partial charge in [0, 0.05) is 18.1 Å². The fraction of sp³-hybridized carbons (Fsp3) is 0.250. The van der Waals surface area contributed by atoms with E-state index >= 15 is 0 Å². The van der Waals surface area contributed by atoms with Gasteiger partial charge in [-0.25, -0.2) is 0 Å². The van der Waals surface area contributed by atoms with Crippen LogP contribution >= 0.6 is 0 Å². The molecule has 2 N–H and O–H groups in total. The summed E-state index contributed by atoms with van der Waals surface area (Å²) in [5.74, 6) is 5.58.